The third-order valence-electron chi connectivity index (χ3n) is 7.80. The number of quaternary nitrogens is 1. The summed E-state index contributed by atoms with van der Waals surface area (Å²) in [5.41, 5.74) is 2.38. The lowest BCUT2D eigenvalue weighted by atomic mass is 9.83. The highest BCUT2D eigenvalue weighted by Gasteiger charge is 2.47. The summed E-state index contributed by atoms with van der Waals surface area (Å²) in [5.74, 6) is -0.457. The number of amides is 1. The zero-order chi connectivity index (χ0) is 25.0. The summed E-state index contributed by atoms with van der Waals surface area (Å²) in [5, 5.41) is 0. The van der Waals surface area contributed by atoms with Crippen molar-refractivity contribution in [2.75, 3.05) is 31.1 Å². The molecular formula is C30H33BrF2N2O2. The predicted molar refractivity (Wildman–Crippen MR) is 136 cm³/mol. The van der Waals surface area contributed by atoms with E-state index in [4.69, 9.17) is 4.74 Å². The number of nitrogens with zero attached hydrogens (tertiary/aromatic N) is 2. The fourth-order valence-electron chi connectivity index (χ4n) is 5.85. The Balaban J connectivity index is 0.00000320. The first-order valence-corrected chi connectivity index (χ1v) is 12.9. The van der Waals surface area contributed by atoms with Crippen molar-refractivity contribution < 1.29 is 39.8 Å². The fraction of sp³-hybridized carbons (Fsp3) is 0.367. The third-order valence-corrected chi connectivity index (χ3v) is 7.80. The quantitative estimate of drug-likeness (QED) is 0.389. The molecule has 0 spiro atoms. The molecule has 0 unspecified atom stereocenters. The van der Waals surface area contributed by atoms with Crippen molar-refractivity contribution in [3.63, 3.8) is 0 Å². The summed E-state index contributed by atoms with van der Waals surface area (Å²) in [6.07, 6.45) is 3.58. The van der Waals surface area contributed by atoms with E-state index in [1.165, 1.54) is 34.7 Å². The Hall–Kier alpha value is -2.77. The van der Waals surface area contributed by atoms with Crippen LogP contribution in [0.4, 0.5) is 19.3 Å². The van der Waals surface area contributed by atoms with Gasteiger partial charge in [-0.1, -0.05) is 48.5 Å². The van der Waals surface area contributed by atoms with Gasteiger partial charge >= 0.3 is 6.09 Å². The topological polar surface area (TPSA) is 29.5 Å². The van der Waals surface area contributed by atoms with Crippen LogP contribution in [0.1, 0.15) is 30.4 Å². The molecule has 196 valence electrons. The van der Waals surface area contributed by atoms with Crippen LogP contribution in [0, 0.1) is 17.6 Å². The van der Waals surface area contributed by atoms with Gasteiger partial charge in [0, 0.05) is 25.2 Å². The fourth-order valence-corrected chi connectivity index (χ4v) is 5.85. The number of aryl methyl sites for hydroxylation is 1. The molecule has 3 saturated heterocycles. The molecule has 3 heterocycles. The highest BCUT2D eigenvalue weighted by atomic mass is 79.9. The van der Waals surface area contributed by atoms with Crippen LogP contribution < -0.4 is 21.9 Å². The van der Waals surface area contributed by atoms with Crippen molar-refractivity contribution in [2.24, 2.45) is 5.92 Å². The van der Waals surface area contributed by atoms with Gasteiger partial charge in [-0.25, -0.2) is 13.6 Å². The number of piperidine rings is 3. The lowest BCUT2D eigenvalue weighted by molar-refractivity contribution is -0.946. The largest absolute Gasteiger partial charge is 1.00 e. The number of hydrogen-bond donors (Lipinski definition) is 0. The van der Waals surface area contributed by atoms with E-state index in [0.29, 0.717) is 17.2 Å². The smallest absolute Gasteiger partial charge is 0.415 e. The molecule has 37 heavy (non-hydrogen) atoms. The van der Waals surface area contributed by atoms with E-state index in [1.807, 2.05) is 6.07 Å². The highest BCUT2D eigenvalue weighted by Crippen LogP contribution is 2.36. The number of halogens is 3. The number of ether oxygens (including phenoxy) is 1. The molecular weight excluding hydrogens is 538 g/mol. The molecule has 3 aromatic rings. The molecule has 2 bridgehead atoms. The Labute approximate surface area is 228 Å². The zero-order valence-corrected chi connectivity index (χ0v) is 22.5. The molecule has 0 radical (unpaired) electrons. The molecule has 1 amide bonds. The first-order valence-electron chi connectivity index (χ1n) is 12.9. The van der Waals surface area contributed by atoms with E-state index in [-0.39, 0.29) is 35.4 Å². The molecule has 3 aliphatic rings. The molecule has 3 fully saturated rings. The summed E-state index contributed by atoms with van der Waals surface area (Å²) in [6.45, 7) is 4.26. The average molecular weight is 572 g/mol. The molecule has 0 saturated carbocycles. The molecule has 3 aromatic carbocycles. The number of hydrogen-bond acceptors (Lipinski definition) is 2. The van der Waals surface area contributed by atoms with Gasteiger partial charge in [0.05, 0.1) is 31.9 Å². The van der Waals surface area contributed by atoms with Crippen molar-refractivity contribution in [2.45, 2.75) is 38.3 Å². The standard InChI is InChI=1S/C30H33F2N2O2.BrH/c31-26-11-4-9-24(19-26)21-33(28-13-5-12-27(32)20-28)30(35)36-29-22-34(17-14-25(29)15-18-34)16-6-10-23-7-2-1-3-8-23;/h1-5,7-9,11-13,19-20,25,29H,6,10,14-18,21-22H2;1H/q+1;/p-1/t25?,29-,34?;/m0./s1. The number of anilines is 1. The second kappa shape index (κ2) is 12.2. The lowest BCUT2D eigenvalue weighted by Crippen LogP contribution is -3.00. The summed E-state index contributed by atoms with van der Waals surface area (Å²) >= 11 is 0. The molecule has 1 atom stereocenters. The Kier molecular flexibility index (Phi) is 8.98. The molecule has 4 nitrogen and oxygen atoms in total. The zero-order valence-electron chi connectivity index (χ0n) is 20.9. The van der Waals surface area contributed by atoms with E-state index in [9.17, 15) is 13.6 Å². The SMILES string of the molecule is O=C(O[C@H]1C[N+]2(CCCc3ccccc3)CCC1CC2)N(Cc1cccc(F)c1)c1cccc(F)c1.[Br-]. The van der Waals surface area contributed by atoms with Crippen molar-refractivity contribution in [3.05, 3.63) is 102 Å². The van der Waals surface area contributed by atoms with Gasteiger partial charge in [0.2, 0.25) is 0 Å². The Morgan fingerprint density at radius 1 is 0.892 bits per heavy atom. The minimum atomic E-state index is -0.508. The molecule has 0 aromatic heterocycles. The Morgan fingerprint density at radius 3 is 2.27 bits per heavy atom. The minimum Gasteiger partial charge on any atom is -1.00 e. The molecule has 6 rings (SSSR count). The predicted octanol–water partition coefficient (Wildman–Crippen LogP) is 3.35. The lowest BCUT2D eigenvalue weighted by Gasteiger charge is -2.52. The van der Waals surface area contributed by atoms with E-state index < -0.39 is 11.9 Å². The van der Waals surface area contributed by atoms with Gasteiger partial charge in [-0.05, 0) is 47.9 Å². The van der Waals surface area contributed by atoms with Gasteiger partial charge in [0.1, 0.15) is 18.2 Å². The van der Waals surface area contributed by atoms with Gasteiger partial charge in [0.25, 0.3) is 0 Å². The van der Waals surface area contributed by atoms with Gasteiger partial charge in [-0.15, -0.1) is 0 Å². The molecule has 7 heteroatoms. The maximum Gasteiger partial charge on any atom is 0.415 e. The van der Waals surface area contributed by atoms with Gasteiger partial charge in [0.15, 0.2) is 6.10 Å². The molecule has 0 aliphatic carbocycles. The Bertz CT molecular complexity index is 1180. The average Bonchev–Trinajstić information content (AvgIpc) is 2.88. The summed E-state index contributed by atoms with van der Waals surface area (Å²) in [7, 11) is 0. The van der Waals surface area contributed by atoms with E-state index in [1.54, 1.807) is 24.3 Å². The number of benzene rings is 3. The van der Waals surface area contributed by atoms with Crippen LogP contribution >= 0.6 is 0 Å². The molecule has 0 N–H and O–H groups in total. The van der Waals surface area contributed by atoms with E-state index >= 15 is 0 Å². The normalized spacial score (nSPS) is 22.2. The second-order valence-electron chi connectivity index (χ2n) is 10.2. The number of rotatable bonds is 8. The van der Waals surface area contributed by atoms with Crippen LogP contribution in [-0.2, 0) is 17.7 Å². The van der Waals surface area contributed by atoms with E-state index in [0.717, 1.165) is 56.3 Å². The van der Waals surface area contributed by atoms with Crippen molar-refractivity contribution in [1.29, 1.82) is 0 Å². The summed E-state index contributed by atoms with van der Waals surface area (Å²) < 4.78 is 35.0. The third kappa shape index (κ3) is 6.76. The van der Waals surface area contributed by atoms with Crippen LogP contribution in [0.2, 0.25) is 0 Å². The van der Waals surface area contributed by atoms with Crippen LogP contribution in [0.3, 0.4) is 0 Å². The monoisotopic (exact) mass is 570 g/mol. The van der Waals surface area contributed by atoms with Crippen LogP contribution in [0.5, 0.6) is 0 Å². The Morgan fingerprint density at radius 2 is 1.57 bits per heavy atom. The van der Waals surface area contributed by atoms with Gasteiger partial charge < -0.3 is 26.2 Å². The molecule has 3 aliphatic heterocycles. The maximum absolute atomic E-state index is 14.0. The van der Waals surface area contributed by atoms with Crippen LogP contribution in [0.25, 0.3) is 0 Å². The second-order valence-corrected chi connectivity index (χ2v) is 10.2. The van der Waals surface area contributed by atoms with Gasteiger partial charge in [-0.2, -0.15) is 0 Å². The van der Waals surface area contributed by atoms with Crippen molar-refractivity contribution >= 4 is 11.8 Å². The summed E-state index contributed by atoms with van der Waals surface area (Å²) in [6, 6.07) is 22.6. The number of carbonyl (C=O) groups excluding carboxylic acids is 1. The van der Waals surface area contributed by atoms with Crippen LogP contribution in [-0.4, -0.2) is 42.9 Å². The first-order chi connectivity index (χ1) is 17.5. The minimum absolute atomic E-state index is 0. The van der Waals surface area contributed by atoms with E-state index in [2.05, 4.69) is 24.3 Å². The highest BCUT2D eigenvalue weighted by molar-refractivity contribution is 5.87. The van der Waals surface area contributed by atoms with Crippen molar-refractivity contribution in [3.8, 4) is 0 Å². The number of fused-ring (bicyclic) bond motifs is 3. The maximum atomic E-state index is 14.0. The first kappa shape index (κ1) is 27.3. The summed E-state index contributed by atoms with van der Waals surface area (Å²) in [4.78, 5) is 14.9. The van der Waals surface area contributed by atoms with Gasteiger partial charge in [-0.3, -0.25) is 4.90 Å². The van der Waals surface area contributed by atoms with Crippen LogP contribution in [0.15, 0.2) is 78.9 Å². The van der Waals surface area contributed by atoms with Crippen molar-refractivity contribution in [1.82, 2.24) is 0 Å². The number of carbonyl (C=O) groups is 1.